The Kier molecular flexibility index (Phi) is 8.02. The molecule has 0 aliphatic carbocycles. The van der Waals surface area contributed by atoms with Crippen LogP contribution in [0, 0.1) is 5.82 Å². The van der Waals surface area contributed by atoms with E-state index >= 15 is 0 Å². The fourth-order valence-corrected chi connectivity index (χ4v) is 2.78. The lowest BCUT2D eigenvalue weighted by Crippen LogP contribution is -2.15. The van der Waals surface area contributed by atoms with Crippen LogP contribution in [0.1, 0.15) is 37.3 Å². The van der Waals surface area contributed by atoms with Crippen LogP contribution in [0.15, 0.2) is 36.4 Å². The molecular weight excluding hydrogens is 341 g/mol. The van der Waals surface area contributed by atoms with E-state index in [-0.39, 0.29) is 12.4 Å². The molecule has 0 spiro atoms. The first-order chi connectivity index (χ1) is 12.2. The maximum atomic E-state index is 13.9. The van der Waals surface area contributed by atoms with Crippen LogP contribution in [-0.4, -0.2) is 13.7 Å². The summed E-state index contributed by atoms with van der Waals surface area (Å²) < 4.78 is 25.2. The minimum atomic E-state index is -0.373. The number of rotatable bonds is 10. The van der Waals surface area contributed by atoms with Gasteiger partial charge in [-0.3, -0.25) is 0 Å². The third-order valence-electron chi connectivity index (χ3n) is 3.98. The lowest BCUT2D eigenvalue weighted by Gasteiger charge is -2.16. The molecule has 0 amide bonds. The van der Waals surface area contributed by atoms with Gasteiger partial charge in [-0.2, -0.15) is 0 Å². The Labute approximate surface area is 154 Å². The standard InChI is InChI=1S/C20H25ClFNO2/c1-3-4-5-12-23-13-15-8-6-11-19(24-2)20(15)25-14-16-17(21)9-7-10-18(16)22/h6-11,23H,3-5,12-14H2,1-2H3. The average Bonchev–Trinajstić information content (AvgIpc) is 2.61. The highest BCUT2D eigenvalue weighted by atomic mass is 35.5. The van der Waals surface area contributed by atoms with Gasteiger partial charge in [0.2, 0.25) is 0 Å². The van der Waals surface area contributed by atoms with E-state index in [1.807, 2.05) is 18.2 Å². The zero-order valence-electron chi connectivity index (χ0n) is 14.8. The summed E-state index contributed by atoms with van der Waals surface area (Å²) in [5.41, 5.74) is 1.32. The first-order valence-electron chi connectivity index (χ1n) is 8.59. The molecule has 1 N–H and O–H groups in total. The third-order valence-corrected chi connectivity index (χ3v) is 4.33. The van der Waals surface area contributed by atoms with E-state index in [1.54, 1.807) is 19.2 Å². The predicted molar refractivity (Wildman–Crippen MR) is 100.0 cm³/mol. The monoisotopic (exact) mass is 365 g/mol. The topological polar surface area (TPSA) is 30.5 Å². The number of nitrogens with one attached hydrogen (secondary N) is 1. The zero-order chi connectivity index (χ0) is 18.1. The Hall–Kier alpha value is -1.78. The molecule has 2 aromatic rings. The van der Waals surface area contributed by atoms with Gasteiger partial charge in [0.1, 0.15) is 12.4 Å². The number of unbranched alkanes of at least 4 members (excludes halogenated alkanes) is 2. The van der Waals surface area contributed by atoms with E-state index in [1.165, 1.54) is 18.9 Å². The van der Waals surface area contributed by atoms with Crippen molar-refractivity contribution >= 4 is 11.6 Å². The van der Waals surface area contributed by atoms with Gasteiger partial charge in [0.15, 0.2) is 11.5 Å². The van der Waals surface area contributed by atoms with Gasteiger partial charge in [-0.05, 0) is 31.2 Å². The number of hydrogen-bond acceptors (Lipinski definition) is 3. The molecule has 0 atom stereocenters. The maximum Gasteiger partial charge on any atom is 0.166 e. The first-order valence-corrected chi connectivity index (χ1v) is 8.97. The second kappa shape index (κ2) is 10.3. The summed E-state index contributed by atoms with van der Waals surface area (Å²) >= 11 is 6.08. The van der Waals surface area contributed by atoms with E-state index in [0.29, 0.717) is 28.6 Å². The quantitative estimate of drug-likeness (QED) is 0.576. The van der Waals surface area contributed by atoms with Crippen LogP contribution in [-0.2, 0) is 13.2 Å². The molecule has 2 aromatic carbocycles. The molecule has 0 aliphatic rings. The van der Waals surface area contributed by atoms with Crippen molar-refractivity contribution in [1.29, 1.82) is 0 Å². The van der Waals surface area contributed by atoms with Gasteiger partial charge >= 0.3 is 0 Å². The Morgan fingerprint density at radius 2 is 1.92 bits per heavy atom. The maximum absolute atomic E-state index is 13.9. The largest absolute Gasteiger partial charge is 0.493 e. The van der Waals surface area contributed by atoms with Gasteiger partial charge in [-0.25, -0.2) is 4.39 Å². The van der Waals surface area contributed by atoms with Gasteiger partial charge in [0, 0.05) is 17.7 Å². The summed E-state index contributed by atoms with van der Waals surface area (Å²) in [6.07, 6.45) is 3.54. The molecule has 0 aliphatic heterocycles. The van der Waals surface area contributed by atoms with E-state index in [0.717, 1.165) is 18.5 Å². The van der Waals surface area contributed by atoms with E-state index in [2.05, 4.69) is 12.2 Å². The molecule has 3 nitrogen and oxygen atoms in total. The van der Waals surface area contributed by atoms with Crippen molar-refractivity contribution in [2.75, 3.05) is 13.7 Å². The van der Waals surface area contributed by atoms with E-state index in [9.17, 15) is 4.39 Å². The predicted octanol–water partition coefficient (Wildman–Crippen LogP) is 5.35. The lowest BCUT2D eigenvalue weighted by atomic mass is 10.1. The molecule has 2 rings (SSSR count). The van der Waals surface area contributed by atoms with Crippen LogP contribution in [0.25, 0.3) is 0 Å². The summed E-state index contributed by atoms with van der Waals surface area (Å²) in [5.74, 6) is 0.870. The smallest absolute Gasteiger partial charge is 0.166 e. The van der Waals surface area contributed by atoms with E-state index in [4.69, 9.17) is 21.1 Å². The van der Waals surface area contributed by atoms with Gasteiger partial charge in [-0.15, -0.1) is 0 Å². The Balaban J connectivity index is 2.09. The number of benzene rings is 2. The van der Waals surface area contributed by atoms with Gasteiger partial charge < -0.3 is 14.8 Å². The van der Waals surface area contributed by atoms with Crippen LogP contribution in [0.3, 0.4) is 0 Å². The van der Waals surface area contributed by atoms with Crippen molar-refractivity contribution in [2.24, 2.45) is 0 Å². The SMILES string of the molecule is CCCCCNCc1cccc(OC)c1OCc1c(F)cccc1Cl. The fourth-order valence-electron chi connectivity index (χ4n) is 2.56. The molecule has 136 valence electrons. The van der Waals surface area contributed by atoms with Crippen molar-refractivity contribution in [1.82, 2.24) is 5.32 Å². The molecule has 0 saturated heterocycles. The molecule has 25 heavy (non-hydrogen) atoms. The molecule has 0 unspecified atom stereocenters. The molecular formula is C20H25ClFNO2. The zero-order valence-corrected chi connectivity index (χ0v) is 15.5. The van der Waals surface area contributed by atoms with Crippen molar-refractivity contribution in [3.05, 3.63) is 58.4 Å². The van der Waals surface area contributed by atoms with Crippen LogP contribution in [0.5, 0.6) is 11.5 Å². The molecule has 0 radical (unpaired) electrons. The number of para-hydroxylation sites is 1. The number of methoxy groups -OCH3 is 1. The van der Waals surface area contributed by atoms with Gasteiger partial charge in [-0.1, -0.05) is 49.6 Å². The van der Waals surface area contributed by atoms with Crippen LogP contribution in [0.2, 0.25) is 5.02 Å². The highest BCUT2D eigenvalue weighted by molar-refractivity contribution is 6.31. The summed E-state index contributed by atoms with van der Waals surface area (Å²) in [7, 11) is 1.59. The van der Waals surface area contributed by atoms with Gasteiger partial charge in [0.25, 0.3) is 0 Å². The molecule has 0 heterocycles. The summed E-state index contributed by atoms with van der Waals surface area (Å²) in [5, 5.41) is 3.77. The third kappa shape index (κ3) is 5.62. The summed E-state index contributed by atoms with van der Waals surface area (Å²) in [4.78, 5) is 0. The van der Waals surface area contributed by atoms with Crippen molar-refractivity contribution in [3.8, 4) is 11.5 Å². The Morgan fingerprint density at radius 3 is 2.64 bits per heavy atom. The van der Waals surface area contributed by atoms with E-state index < -0.39 is 0 Å². The Morgan fingerprint density at radius 1 is 1.12 bits per heavy atom. The molecule has 0 bridgehead atoms. The summed E-state index contributed by atoms with van der Waals surface area (Å²) in [6, 6.07) is 10.3. The number of halogens is 2. The first kappa shape index (κ1) is 19.5. The molecule has 0 saturated carbocycles. The van der Waals surface area contributed by atoms with Crippen LogP contribution < -0.4 is 14.8 Å². The second-order valence-electron chi connectivity index (χ2n) is 5.82. The average molecular weight is 366 g/mol. The highest BCUT2D eigenvalue weighted by Crippen LogP contribution is 2.32. The van der Waals surface area contributed by atoms with Crippen LogP contribution >= 0.6 is 11.6 Å². The highest BCUT2D eigenvalue weighted by Gasteiger charge is 2.13. The minimum absolute atomic E-state index is 0.0503. The lowest BCUT2D eigenvalue weighted by molar-refractivity contribution is 0.276. The summed E-state index contributed by atoms with van der Waals surface area (Å²) in [6.45, 7) is 3.85. The minimum Gasteiger partial charge on any atom is -0.493 e. The molecule has 0 aromatic heterocycles. The van der Waals surface area contributed by atoms with Crippen molar-refractivity contribution in [3.63, 3.8) is 0 Å². The second-order valence-corrected chi connectivity index (χ2v) is 6.23. The van der Waals surface area contributed by atoms with Crippen molar-refractivity contribution < 1.29 is 13.9 Å². The normalized spacial score (nSPS) is 10.7. The van der Waals surface area contributed by atoms with Crippen molar-refractivity contribution in [2.45, 2.75) is 39.3 Å². The van der Waals surface area contributed by atoms with Crippen LogP contribution in [0.4, 0.5) is 4.39 Å². The molecule has 5 heteroatoms. The number of ether oxygens (including phenoxy) is 2. The van der Waals surface area contributed by atoms with Gasteiger partial charge in [0.05, 0.1) is 12.1 Å². The fraction of sp³-hybridized carbons (Fsp3) is 0.400. The molecule has 0 fully saturated rings. The number of hydrogen-bond donors (Lipinski definition) is 1. The Bertz CT molecular complexity index is 658.